The molecule has 0 fully saturated rings. The van der Waals surface area contributed by atoms with Crippen LogP contribution in [0.4, 0.5) is 0 Å². The van der Waals surface area contributed by atoms with Crippen LogP contribution in [-0.4, -0.2) is 45.2 Å². The minimum atomic E-state index is -0.0848. The number of nitrogens with one attached hydrogen (secondary N) is 3. The number of rotatable bonds is 7. The summed E-state index contributed by atoms with van der Waals surface area (Å²) in [5, 5.41) is 9.08. The summed E-state index contributed by atoms with van der Waals surface area (Å²) >= 11 is 0. The second kappa shape index (κ2) is 12.1. The van der Waals surface area contributed by atoms with E-state index in [2.05, 4.69) is 20.9 Å². The lowest BCUT2D eigenvalue weighted by Gasteiger charge is -2.17. The predicted molar refractivity (Wildman–Crippen MR) is 105 cm³/mol. The maximum Gasteiger partial charge on any atom is 0.251 e. The van der Waals surface area contributed by atoms with Crippen molar-refractivity contribution in [2.75, 3.05) is 27.3 Å². The van der Waals surface area contributed by atoms with Crippen LogP contribution in [0.3, 0.4) is 0 Å². The summed E-state index contributed by atoms with van der Waals surface area (Å²) in [6.07, 6.45) is 0. The Balaban J connectivity index is 0.00000484. The van der Waals surface area contributed by atoms with E-state index in [1.807, 2.05) is 26.0 Å². The largest absolute Gasteiger partial charge is 0.383 e. The number of amides is 1. The van der Waals surface area contributed by atoms with E-state index in [1.165, 1.54) is 0 Å². The number of ether oxygens (including phenoxy) is 1. The zero-order valence-corrected chi connectivity index (χ0v) is 16.5. The first-order chi connectivity index (χ1) is 10.6. The number of methoxy groups -OCH3 is 1. The number of nitrogens with zero attached hydrogens (tertiary/aromatic N) is 1. The van der Waals surface area contributed by atoms with E-state index in [0.29, 0.717) is 18.7 Å². The Bertz CT molecular complexity index is 491. The Morgan fingerprint density at radius 1 is 1.30 bits per heavy atom. The molecule has 0 saturated heterocycles. The third-order valence-electron chi connectivity index (χ3n) is 3.01. The van der Waals surface area contributed by atoms with Gasteiger partial charge in [-0.3, -0.25) is 4.79 Å². The molecule has 3 N–H and O–H groups in total. The van der Waals surface area contributed by atoms with Crippen LogP contribution in [0.5, 0.6) is 0 Å². The van der Waals surface area contributed by atoms with Gasteiger partial charge in [0.25, 0.3) is 5.91 Å². The van der Waals surface area contributed by atoms with Crippen LogP contribution in [0.25, 0.3) is 0 Å². The molecular weight excluding hydrogens is 407 g/mol. The summed E-state index contributed by atoms with van der Waals surface area (Å²) in [7, 11) is 3.30. The first-order valence-corrected chi connectivity index (χ1v) is 7.45. The lowest BCUT2D eigenvalue weighted by Crippen LogP contribution is -2.43. The highest BCUT2D eigenvalue weighted by atomic mass is 127. The van der Waals surface area contributed by atoms with Crippen molar-refractivity contribution in [3.8, 4) is 0 Å². The quantitative estimate of drug-likeness (QED) is 0.348. The van der Waals surface area contributed by atoms with Crippen molar-refractivity contribution in [1.82, 2.24) is 16.0 Å². The van der Waals surface area contributed by atoms with Crippen molar-refractivity contribution in [1.29, 1.82) is 0 Å². The normalized spacial score (nSPS) is 12.1. The van der Waals surface area contributed by atoms with E-state index in [0.717, 1.165) is 18.1 Å². The van der Waals surface area contributed by atoms with E-state index in [1.54, 1.807) is 26.3 Å². The number of guanidine groups is 1. The van der Waals surface area contributed by atoms with E-state index in [-0.39, 0.29) is 35.9 Å². The number of hydrogen-bond acceptors (Lipinski definition) is 3. The second-order valence-corrected chi connectivity index (χ2v) is 4.97. The van der Waals surface area contributed by atoms with Gasteiger partial charge in [-0.05, 0) is 31.5 Å². The maximum absolute atomic E-state index is 11.5. The summed E-state index contributed by atoms with van der Waals surface area (Å²) < 4.78 is 5.11. The fraction of sp³-hybridized carbons (Fsp3) is 0.500. The van der Waals surface area contributed by atoms with Gasteiger partial charge in [0.1, 0.15) is 0 Å². The molecule has 0 saturated carbocycles. The SMILES string of the molecule is CCNC(=NCc1ccc(C(=O)NC)cc1)NC(C)COC.I. The van der Waals surface area contributed by atoms with Gasteiger partial charge in [0.05, 0.1) is 13.2 Å². The molecule has 1 aromatic carbocycles. The van der Waals surface area contributed by atoms with Gasteiger partial charge >= 0.3 is 0 Å². The highest BCUT2D eigenvalue weighted by Gasteiger charge is 2.05. The zero-order valence-electron chi connectivity index (χ0n) is 14.2. The van der Waals surface area contributed by atoms with Crippen molar-refractivity contribution in [2.45, 2.75) is 26.4 Å². The summed E-state index contributed by atoms with van der Waals surface area (Å²) in [5.41, 5.74) is 1.69. The smallest absolute Gasteiger partial charge is 0.251 e. The molecule has 0 spiro atoms. The average molecular weight is 434 g/mol. The fourth-order valence-corrected chi connectivity index (χ4v) is 1.92. The highest BCUT2D eigenvalue weighted by Crippen LogP contribution is 2.05. The van der Waals surface area contributed by atoms with Crippen LogP contribution in [0.1, 0.15) is 29.8 Å². The second-order valence-electron chi connectivity index (χ2n) is 4.97. The Kier molecular flexibility index (Phi) is 11.4. The third-order valence-corrected chi connectivity index (χ3v) is 3.01. The minimum absolute atomic E-state index is 0. The number of carbonyl (C=O) groups is 1. The van der Waals surface area contributed by atoms with Gasteiger partial charge in [-0.15, -0.1) is 24.0 Å². The molecule has 1 amide bonds. The van der Waals surface area contributed by atoms with Crippen LogP contribution in [0.2, 0.25) is 0 Å². The predicted octanol–water partition coefficient (Wildman–Crippen LogP) is 1.75. The number of carbonyl (C=O) groups excluding carboxylic acids is 1. The van der Waals surface area contributed by atoms with Crippen LogP contribution in [0.15, 0.2) is 29.3 Å². The Labute approximate surface area is 155 Å². The van der Waals surface area contributed by atoms with Crippen molar-refractivity contribution >= 4 is 35.8 Å². The van der Waals surface area contributed by atoms with Crippen LogP contribution in [-0.2, 0) is 11.3 Å². The Morgan fingerprint density at radius 3 is 2.48 bits per heavy atom. The molecule has 0 aliphatic rings. The van der Waals surface area contributed by atoms with Gasteiger partial charge in [-0.25, -0.2) is 4.99 Å². The first-order valence-electron chi connectivity index (χ1n) is 7.45. The monoisotopic (exact) mass is 434 g/mol. The summed E-state index contributed by atoms with van der Waals surface area (Å²) in [4.78, 5) is 16.0. The summed E-state index contributed by atoms with van der Waals surface area (Å²) in [6.45, 7) is 6.01. The topological polar surface area (TPSA) is 74.8 Å². The molecule has 0 radical (unpaired) electrons. The molecule has 0 aliphatic heterocycles. The highest BCUT2D eigenvalue weighted by molar-refractivity contribution is 14.0. The lowest BCUT2D eigenvalue weighted by molar-refractivity contribution is 0.0963. The van der Waals surface area contributed by atoms with Gasteiger partial charge in [0.15, 0.2) is 5.96 Å². The van der Waals surface area contributed by atoms with E-state index in [4.69, 9.17) is 4.74 Å². The van der Waals surface area contributed by atoms with Gasteiger partial charge in [0.2, 0.25) is 0 Å². The molecule has 0 aliphatic carbocycles. The molecule has 23 heavy (non-hydrogen) atoms. The standard InChI is InChI=1S/C16H26N4O2.HI/c1-5-18-16(20-12(2)11-22-4)19-10-13-6-8-14(9-7-13)15(21)17-3;/h6-9,12H,5,10-11H2,1-4H3,(H,17,21)(H2,18,19,20);1H. The van der Waals surface area contributed by atoms with Crippen molar-refractivity contribution in [3.63, 3.8) is 0 Å². The van der Waals surface area contributed by atoms with Gasteiger partial charge in [0, 0.05) is 32.3 Å². The zero-order chi connectivity index (χ0) is 16.4. The Morgan fingerprint density at radius 2 is 1.96 bits per heavy atom. The molecule has 130 valence electrons. The third kappa shape index (κ3) is 8.17. The molecule has 0 heterocycles. The molecule has 1 unspecified atom stereocenters. The molecule has 0 aromatic heterocycles. The molecule has 1 aromatic rings. The molecule has 1 rings (SSSR count). The number of halogens is 1. The van der Waals surface area contributed by atoms with Crippen molar-refractivity contribution in [3.05, 3.63) is 35.4 Å². The first kappa shape index (κ1) is 21.6. The van der Waals surface area contributed by atoms with Crippen LogP contribution >= 0.6 is 24.0 Å². The average Bonchev–Trinajstić information content (AvgIpc) is 2.53. The van der Waals surface area contributed by atoms with E-state index in [9.17, 15) is 4.79 Å². The summed E-state index contributed by atoms with van der Waals surface area (Å²) in [5.74, 6) is 0.667. The summed E-state index contributed by atoms with van der Waals surface area (Å²) in [6, 6.07) is 7.61. The van der Waals surface area contributed by atoms with Gasteiger partial charge in [-0.1, -0.05) is 12.1 Å². The number of aliphatic imine (C=N–C) groups is 1. The maximum atomic E-state index is 11.5. The van der Waals surface area contributed by atoms with Crippen molar-refractivity contribution in [2.24, 2.45) is 4.99 Å². The van der Waals surface area contributed by atoms with Crippen LogP contribution in [0, 0.1) is 0 Å². The Hall–Kier alpha value is -1.35. The molecule has 1 atom stereocenters. The minimum Gasteiger partial charge on any atom is -0.383 e. The lowest BCUT2D eigenvalue weighted by atomic mass is 10.1. The fourth-order valence-electron chi connectivity index (χ4n) is 1.92. The van der Waals surface area contributed by atoms with Crippen molar-refractivity contribution < 1.29 is 9.53 Å². The molecule has 0 bridgehead atoms. The van der Waals surface area contributed by atoms with Crippen LogP contribution < -0.4 is 16.0 Å². The molecule has 6 nitrogen and oxygen atoms in total. The number of hydrogen-bond donors (Lipinski definition) is 3. The van der Waals surface area contributed by atoms with Gasteiger partial charge < -0.3 is 20.7 Å². The van der Waals surface area contributed by atoms with E-state index >= 15 is 0 Å². The number of benzene rings is 1. The van der Waals surface area contributed by atoms with Gasteiger partial charge in [-0.2, -0.15) is 0 Å². The molecule has 7 heteroatoms. The van der Waals surface area contributed by atoms with E-state index < -0.39 is 0 Å². The molecular formula is C16H27IN4O2.